The average molecular weight is 313 g/mol. The maximum absolute atomic E-state index is 12.6. The molecule has 7 heteroatoms. The number of nitrogens with one attached hydrogen (secondary N) is 1. The number of anilines is 1. The third-order valence-electron chi connectivity index (χ3n) is 4.77. The molecule has 4 rings (SSSR count). The van der Waals surface area contributed by atoms with Crippen LogP contribution >= 0.6 is 0 Å². The highest BCUT2D eigenvalue weighted by molar-refractivity contribution is 5.96. The summed E-state index contributed by atoms with van der Waals surface area (Å²) >= 11 is 0. The molecule has 1 atom stereocenters. The molecule has 0 radical (unpaired) electrons. The van der Waals surface area contributed by atoms with Gasteiger partial charge in [0.15, 0.2) is 0 Å². The number of hydrogen-bond acceptors (Lipinski definition) is 5. The highest BCUT2D eigenvalue weighted by Crippen LogP contribution is 2.31. The Balaban J connectivity index is 1.43. The number of aliphatic hydroxyl groups is 1. The second kappa shape index (κ2) is 5.43. The zero-order chi connectivity index (χ0) is 15.9. The molecule has 2 aliphatic rings. The average Bonchev–Trinajstić information content (AvgIpc) is 3.26. The predicted octanol–water partition coefficient (Wildman–Crippen LogP) is 0.287. The van der Waals surface area contributed by atoms with Crippen molar-refractivity contribution in [3.8, 4) is 0 Å². The summed E-state index contributed by atoms with van der Waals surface area (Å²) in [5.74, 6) is 0.0827. The van der Waals surface area contributed by atoms with Crippen LogP contribution < -0.4 is 4.90 Å². The van der Waals surface area contributed by atoms with Crippen molar-refractivity contribution in [2.45, 2.75) is 18.4 Å². The predicted molar refractivity (Wildman–Crippen MR) is 83.8 cm³/mol. The molecule has 2 aliphatic heterocycles. The van der Waals surface area contributed by atoms with Crippen molar-refractivity contribution in [3.05, 3.63) is 41.7 Å². The SMILES string of the molecule is O=C(CN1CC[C@](O)(c2cn[nH]n2)C1)N1CCc2ccccc21. The number of fused-ring (bicyclic) bond motifs is 1. The number of para-hydroxylation sites is 1. The molecule has 1 fully saturated rings. The van der Waals surface area contributed by atoms with Crippen molar-refractivity contribution >= 4 is 11.6 Å². The van der Waals surface area contributed by atoms with Gasteiger partial charge in [-0.1, -0.05) is 18.2 Å². The van der Waals surface area contributed by atoms with E-state index in [0.717, 1.165) is 18.7 Å². The van der Waals surface area contributed by atoms with E-state index < -0.39 is 5.60 Å². The number of carbonyl (C=O) groups is 1. The number of benzene rings is 1. The largest absolute Gasteiger partial charge is 0.382 e. The minimum Gasteiger partial charge on any atom is -0.382 e. The lowest BCUT2D eigenvalue weighted by Crippen LogP contribution is -2.40. The first kappa shape index (κ1) is 14.3. The minimum absolute atomic E-state index is 0.0827. The fourth-order valence-electron chi connectivity index (χ4n) is 3.51. The molecule has 0 unspecified atom stereocenters. The summed E-state index contributed by atoms with van der Waals surface area (Å²) in [5, 5.41) is 20.9. The fourth-order valence-corrected chi connectivity index (χ4v) is 3.51. The summed E-state index contributed by atoms with van der Waals surface area (Å²) in [6.07, 6.45) is 3.01. The van der Waals surface area contributed by atoms with Gasteiger partial charge in [-0.15, -0.1) is 0 Å². The summed E-state index contributed by atoms with van der Waals surface area (Å²) in [5.41, 5.74) is 1.76. The minimum atomic E-state index is -1.02. The summed E-state index contributed by atoms with van der Waals surface area (Å²) < 4.78 is 0. The van der Waals surface area contributed by atoms with E-state index in [1.165, 1.54) is 5.56 Å². The van der Waals surface area contributed by atoms with E-state index in [4.69, 9.17) is 0 Å². The topological polar surface area (TPSA) is 85.3 Å². The molecule has 23 heavy (non-hydrogen) atoms. The van der Waals surface area contributed by atoms with Gasteiger partial charge in [0.25, 0.3) is 0 Å². The lowest BCUT2D eigenvalue weighted by Gasteiger charge is -2.23. The van der Waals surface area contributed by atoms with E-state index in [2.05, 4.69) is 21.5 Å². The van der Waals surface area contributed by atoms with Gasteiger partial charge in [-0.05, 0) is 24.5 Å². The van der Waals surface area contributed by atoms with Crippen LogP contribution in [0.15, 0.2) is 30.5 Å². The first-order valence-electron chi connectivity index (χ1n) is 7.85. The Labute approximate surface area is 133 Å². The number of H-pyrrole nitrogens is 1. The van der Waals surface area contributed by atoms with E-state index in [1.54, 1.807) is 6.20 Å². The van der Waals surface area contributed by atoms with Gasteiger partial charge in [-0.3, -0.25) is 9.69 Å². The molecule has 120 valence electrons. The van der Waals surface area contributed by atoms with E-state index in [9.17, 15) is 9.90 Å². The Kier molecular flexibility index (Phi) is 3.39. The summed E-state index contributed by atoms with van der Waals surface area (Å²) in [7, 11) is 0. The molecule has 1 aromatic heterocycles. The molecule has 3 heterocycles. The zero-order valence-electron chi connectivity index (χ0n) is 12.8. The monoisotopic (exact) mass is 313 g/mol. The van der Waals surface area contributed by atoms with Crippen LogP contribution in [-0.2, 0) is 16.8 Å². The van der Waals surface area contributed by atoms with Gasteiger partial charge in [0.1, 0.15) is 11.3 Å². The number of rotatable bonds is 3. The van der Waals surface area contributed by atoms with E-state index in [0.29, 0.717) is 31.7 Å². The first-order valence-corrected chi connectivity index (χ1v) is 7.85. The Hall–Kier alpha value is -2.25. The van der Waals surface area contributed by atoms with Crippen molar-refractivity contribution in [1.29, 1.82) is 0 Å². The number of nitrogens with zero attached hydrogens (tertiary/aromatic N) is 4. The third-order valence-corrected chi connectivity index (χ3v) is 4.77. The smallest absolute Gasteiger partial charge is 0.241 e. The van der Waals surface area contributed by atoms with Crippen LogP contribution in [0, 0.1) is 0 Å². The first-order chi connectivity index (χ1) is 11.2. The van der Waals surface area contributed by atoms with Gasteiger partial charge >= 0.3 is 0 Å². The van der Waals surface area contributed by atoms with E-state index >= 15 is 0 Å². The number of carbonyl (C=O) groups excluding carboxylic acids is 1. The number of aromatic amines is 1. The molecule has 0 spiro atoms. The Morgan fingerprint density at radius 3 is 3.04 bits per heavy atom. The second-order valence-electron chi connectivity index (χ2n) is 6.27. The fraction of sp³-hybridized carbons (Fsp3) is 0.438. The molecule has 0 aliphatic carbocycles. The Bertz CT molecular complexity index is 717. The number of likely N-dealkylation sites (tertiary alicyclic amines) is 1. The van der Waals surface area contributed by atoms with Crippen LogP contribution in [0.25, 0.3) is 0 Å². The molecular formula is C16H19N5O2. The van der Waals surface area contributed by atoms with Crippen molar-refractivity contribution in [2.24, 2.45) is 0 Å². The lowest BCUT2D eigenvalue weighted by atomic mass is 10.0. The van der Waals surface area contributed by atoms with Gasteiger partial charge in [0.05, 0.1) is 12.7 Å². The lowest BCUT2D eigenvalue weighted by molar-refractivity contribution is -0.119. The maximum atomic E-state index is 12.6. The number of aromatic nitrogens is 3. The highest BCUT2D eigenvalue weighted by Gasteiger charge is 2.40. The molecule has 1 aromatic carbocycles. The molecular weight excluding hydrogens is 294 g/mol. The number of β-amino-alcohol motifs (C(OH)–C–C–N with tert-alkyl or cyclic N) is 1. The van der Waals surface area contributed by atoms with Crippen molar-refractivity contribution in [3.63, 3.8) is 0 Å². The standard InChI is InChI=1S/C16H19N5O2/c22-15(21-7-5-12-3-1-2-4-13(12)21)10-20-8-6-16(23,11-20)14-9-17-19-18-14/h1-4,9,23H,5-8,10-11H2,(H,17,18,19)/t16-/m1/s1. The van der Waals surface area contributed by atoms with Crippen LogP contribution in [0.1, 0.15) is 17.7 Å². The van der Waals surface area contributed by atoms with Crippen LogP contribution in [0.3, 0.4) is 0 Å². The van der Waals surface area contributed by atoms with Gasteiger partial charge in [-0.2, -0.15) is 15.4 Å². The van der Waals surface area contributed by atoms with Crippen LogP contribution in [0.4, 0.5) is 5.69 Å². The number of hydrogen-bond donors (Lipinski definition) is 2. The normalized spacial score (nSPS) is 24.1. The van der Waals surface area contributed by atoms with Crippen molar-refractivity contribution < 1.29 is 9.90 Å². The Morgan fingerprint density at radius 2 is 2.22 bits per heavy atom. The number of amides is 1. The molecule has 0 bridgehead atoms. The van der Waals surface area contributed by atoms with Gasteiger partial charge < -0.3 is 10.0 Å². The molecule has 1 saturated heterocycles. The van der Waals surface area contributed by atoms with Gasteiger partial charge in [0, 0.05) is 25.3 Å². The van der Waals surface area contributed by atoms with Gasteiger partial charge in [-0.25, -0.2) is 0 Å². The van der Waals surface area contributed by atoms with Crippen LogP contribution in [0.5, 0.6) is 0 Å². The quantitative estimate of drug-likeness (QED) is 0.850. The van der Waals surface area contributed by atoms with Crippen LogP contribution in [0.2, 0.25) is 0 Å². The van der Waals surface area contributed by atoms with Gasteiger partial charge in [0.2, 0.25) is 5.91 Å². The molecule has 2 aromatic rings. The highest BCUT2D eigenvalue weighted by atomic mass is 16.3. The maximum Gasteiger partial charge on any atom is 0.241 e. The van der Waals surface area contributed by atoms with Crippen molar-refractivity contribution in [2.75, 3.05) is 31.1 Å². The zero-order valence-corrected chi connectivity index (χ0v) is 12.8. The Morgan fingerprint density at radius 1 is 1.35 bits per heavy atom. The van der Waals surface area contributed by atoms with E-state index in [-0.39, 0.29) is 5.91 Å². The molecule has 1 amide bonds. The van der Waals surface area contributed by atoms with Crippen LogP contribution in [-0.4, -0.2) is 57.5 Å². The third kappa shape index (κ3) is 2.51. The molecule has 7 nitrogen and oxygen atoms in total. The summed E-state index contributed by atoms with van der Waals surface area (Å²) in [6.45, 7) is 2.12. The van der Waals surface area contributed by atoms with E-state index in [1.807, 2.05) is 28.0 Å². The summed E-state index contributed by atoms with van der Waals surface area (Å²) in [4.78, 5) is 16.5. The molecule has 0 saturated carbocycles. The summed E-state index contributed by atoms with van der Waals surface area (Å²) in [6, 6.07) is 8.03. The second-order valence-corrected chi connectivity index (χ2v) is 6.27. The molecule has 2 N–H and O–H groups in total. The van der Waals surface area contributed by atoms with Crippen molar-refractivity contribution in [1.82, 2.24) is 20.3 Å².